The van der Waals surface area contributed by atoms with Crippen LogP contribution in [-0.4, -0.2) is 36.3 Å². The first-order valence-electron chi connectivity index (χ1n) is 17.4. The first kappa shape index (κ1) is 32.5. The summed E-state index contributed by atoms with van der Waals surface area (Å²) in [5.41, 5.74) is 7.33. The van der Waals surface area contributed by atoms with Gasteiger partial charge in [-0.15, -0.1) is 0 Å². The molecule has 0 aliphatic carbocycles. The summed E-state index contributed by atoms with van der Waals surface area (Å²) in [4.78, 5) is 27.7. The van der Waals surface area contributed by atoms with Crippen molar-refractivity contribution in [1.82, 2.24) is 14.1 Å². The molecule has 0 unspecified atom stereocenters. The molecule has 9 heteroatoms. The number of para-hydroxylation sites is 4. The van der Waals surface area contributed by atoms with Crippen molar-refractivity contribution < 1.29 is 29.3 Å². The van der Waals surface area contributed by atoms with E-state index >= 15 is 0 Å². The summed E-state index contributed by atoms with van der Waals surface area (Å²) in [6.07, 6.45) is 1.37. The predicted octanol–water partition coefficient (Wildman–Crippen LogP) is 9.83. The number of carbonyl (C=O) groups is 2. The third kappa shape index (κ3) is 5.74. The van der Waals surface area contributed by atoms with Crippen LogP contribution in [0.4, 0.5) is 0 Å². The molecule has 0 saturated heterocycles. The fourth-order valence-electron chi connectivity index (χ4n) is 7.35. The smallest absolute Gasteiger partial charge is 0.358 e. The lowest BCUT2D eigenvalue weighted by Gasteiger charge is -2.16. The van der Waals surface area contributed by atoms with Gasteiger partial charge in [-0.3, -0.25) is 0 Å². The highest BCUT2D eigenvalue weighted by Gasteiger charge is 2.18. The molecule has 0 aliphatic rings. The van der Waals surface area contributed by atoms with Crippen LogP contribution < -0.4 is 9.47 Å². The van der Waals surface area contributed by atoms with E-state index in [9.17, 15) is 19.8 Å². The highest BCUT2D eigenvalue weighted by atomic mass is 16.5. The van der Waals surface area contributed by atoms with Gasteiger partial charge in [0.05, 0.1) is 27.6 Å². The second-order valence-electron chi connectivity index (χ2n) is 13.0. The second kappa shape index (κ2) is 13.3. The number of aromatic carboxylic acids is 2. The molecule has 3 heterocycles. The van der Waals surface area contributed by atoms with Gasteiger partial charge in [0.1, 0.15) is 19.0 Å². The van der Waals surface area contributed by atoms with E-state index in [-0.39, 0.29) is 30.2 Å². The summed E-state index contributed by atoms with van der Waals surface area (Å²) in [6.45, 7) is 0.0366. The number of hydrogen-bond acceptors (Lipinski definition) is 5. The molecule has 54 heavy (non-hydrogen) atoms. The number of carboxylic acids is 2. The number of nitrogens with zero attached hydrogens (tertiary/aromatic N) is 3. The quantitative estimate of drug-likeness (QED) is 0.145. The average molecular weight is 710 g/mol. The van der Waals surface area contributed by atoms with Crippen LogP contribution in [-0.2, 0) is 13.2 Å². The molecule has 3 aromatic heterocycles. The molecule has 0 bridgehead atoms. The molecule has 0 spiro atoms. The number of carboxylic acid groups (broad SMARTS) is 2. The van der Waals surface area contributed by atoms with Crippen LogP contribution in [0, 0.1) is 0 Å². The molecular formula is C45H31N3O6. The standard InChI is InChI=1S/C45H31N3O6/c49-44(50)30-20-28(27-54-42-18-9-19-46-43(42)45(51)52)23-33(24-30)53-26-29-21-31(47-38-14-5-1-10-34(38)35-11-2-6-15-39(35)47)25-32(22-29)48-40-16-7-3-12-36(40)37-13-4-8-17-41(37)48/h1-25H,26-27H2,(H,49,50)(H,51,52). The monoisotopic (exact) mass is 709 g/mol. The van der Waals surface area contributed by atoms with Crippen molar-refractivity contribution in [3.63, 3.8) is 0 Å². The Hall–Kier alpha value is -7.39. The second-order valence-corrected chi connectivity index (χ2v) is 13.0. The van der Waals surface area contributed by atoms with E-state index in [1.54, 1.807) is 12.1 Å². The lowest BCUT2D eigenvalue weighted by atomic mass is 10.1. The summed E-state index contributed by atoms with van der Waals surface area (Å²) in [7, 11) is 0. The van der Waals surface area contributed by atoms with Gasteiger partial charge < -0.3 is 28.8 Å². The van der Waals surface area contributed by atoms with Gasteiger partial charge in [0.25, 0.3) is 0 Å². The molecule has 0 aliphatic heterocycles. The maximum atomic E-state index is 12.2. The highest BCUT2D eigenvalue weighted by Crippen LogP contribution is 2.36. The molecule has 0 amide bonds. The lowest BCUT2D eigenvalue weighted by Crippen LogP contribution is -2.07. The van der Waals surface area contributed by atoms with Crippen molar-refractivity contribution >= 4 is 55.6 Å². The minimum atomic E-state index is -1.22. The summed E-state index contributed by atoms with van der Waals surface area (Å²) >= 11 is 0. The number of pyridine rings is 1. The molecule has 9 nitrogen and oxygen atoms in total. The molecule has 2 N–H and O–H groups in total. The Bertz CT molecular complexity index is 2690. The predicted molar refractivity (Wildman–Crippen MR) is 208 cm³/mol. The first-order valence-corrected chi connectivity index (χ1v) is 17.4. The van der Waals surface area contributed by atoms with Crippen molar-refractivity contribution in [1.29, 1.82) is 0 Å². The first-order chi connectivity index (χ1) is 26.4. The van der Waals surface area contributed by atoms with Gasteiger partial charge in [-0.2, -0.15) is 0 Å². The summed E-state index contributed by atoms with van der Waals surface area (Å²) in [6, 6.07) is 47.7. The van der Waals surface area contributed by atoms with E-state index in [1.165, 1.54) is 24.4 Å². The third-order valence-corrected chi connectivity index (χ3v) is 9.63. The third-order valence-electron chi connectivity index (χ3n) is 9.63. The van der Waals surface area contributed by atoms with Crippen molar-refractivity contribution in [2.24, 2.45) is 0 Å². The van der Waals surface area contributed by atoms with Gasteiger partial charge in [-0.05, 0) is 83.9 Å². The van der Waals surface area contributed by atoms with Crippen LogP contribution in [0.2, 0.25) is 0 Å². The molecule has 262 valence electrons. The number of aromatic nitrogens is 3. The van der Waals surface area contributed by atoms with Gasteiger partial charge >= 0.3 is 11.9 Å². The molecular weight excluding hydrogens is 679 g/mol. The number of benzene rings is 6. The van der Waals surface area contributed by atoms with Crippen LogP contribution in [0.15, 0.2) is 152 Å². The number of fused-ring (bicyclic) bond motifs is 6. The van der Waals surface area contributed by atoms with E-state index in [0.717, 1.165) is 60.5 Å². The number of ether oxygens (including phenoxy) is 2. The van der Waals surface area contributed by atoms with Gasteiger partial charge in [-0.25, -0.2) is 14.6 Å². The van der Waals surface area contributed by atoms with Crippen molar-refractivity contribution in [3.8, 4) is 22.9 Å². The summed E-state index contributed by atoms with van der Waals surface area (Å²) < 4.78 is 16.7. The molecule has 6 aromatic carbocycles. The zero-order chi connectivity index (χ0) is 36.8. The Morgan fingerprint density at radius 1 is 0.519 bits per heavy atom. The Kier molecular flexibility index (Phi) is 8.01. The SMILES string of the molecule is O=C(O)c1cc(COc2cccnc2C(=O)O)cc(OCc2cc(-n3c4ccccc4c4ccccc43)cc(-n3c4ccccc4c4ccccc43)c2)c1. The Labute approximate surface area is 308 Å². The zero-order valence-corrected chi connectivity index (χ0v) is 28.7. The van der Waals surface area contributed by atoms with Gasteiger partial charge in [0.2, 0.25) is 0 Å². The summed E-state index contributed by atoms with van der Waals surface area (Å²) in [5.74, 6) is -1.94. The van der Waals surface area contributed by atoms with E-state index in [1.807, 2.05) is 24.3 Å². The van der Waals surface area contributed by atoms with E-state index in [4.69, 9.17) is 9.47 Å². The van der Waals surface area contributed by atoms with Crippen molar-refractivity contribution in [2.45, 2.75) is 13.2 Å². The van der Waals surface area contributed by atoms with Crippen molar-refractivity contribution in [2.75, 3.05) is 0 Å². The van der Waals surface area contributed by atoms with Gasteiger partial charge in [0, 0.05) is 39.1 Å². The van der Waals surface area contributed by atoms with E-state index in [2.05, 4.69) is 105 Å². The lowest BCUT2D eigenvalue weighted by molar-refractivity contribution is 0.0679. The van der Waals surface area contributed by atoms with Crippen LogP contribution >= 0.6 is 0 Å². The maximum absolute atomic E-state index is 12.2. The van der Waals surface area contributed by atoms with Crippen LogP contribution in [0.1, 0.15) is 32.0 Å². The number of rotatable bonds is 10. The Morgan fingerprint density at radius 3 is 1.50 bits per heavy atom. The summed E-state index contributed by atoms with van der Waals surface area (Å²) in [5, 5.41) is 24.1. The zero-order valence-electron chi connectivity index (χ0n) is 28.7. The van der Waals surface area contributed by atoms with E-state index < -0.39 is 11.9 Å². The van der Waals surface area contributed by atoms with E-state index in [0.29, 0.717) is 11.3 Å². The highest BCUT2D eigenvalue weighted by molar-refractivity contribution is 6.10. The molecule has 0 fully saturated rings. The Morgan fingerprint density at radius 2 is 1.00 bits per heavy atom. The van der Waals surface area contributed by atoms with Gasteiger partial charge in [0.15, 0.2) is 11.4 Å². The van der Waals surface area contributed by atoms with Crippen LogP contribution in [0.5, 0.6) is 11.5 Å². The maximum Gasteiger partial charge on any atom is 0.358 e. The largest absolute Gasteiger partial charge is 0.489 e. The minimum Gasteiger partial charge on any atom is -0.489 e. The molecule has 9 aromatic rings. The number of hydrogen-bond donors (Lipinski definition) is 2. The normalized spacial score (nSPS) is 11.4. The molecule has 0 radical (unpaired) electrons. The molecule has 0 atom stereocenters. The Balaban J connectivity index is 1.16. The van der Waals surface area contributed by atoms with Gasteiger partial charge in [-0.1, -0.05) is 72.8 Å². The molecule has 0 saturated carbocycles. The van der Waals surface area contributed by atoms with Crippen LogP contribution in [0.3, 0.4) is 0 Å². The minimum absolute atomic E-state index is 0.0146. The van der Waals surface area contributed by atoms with Crippen molar-refractivity contribution in [3.05, 3.63) is 174 Å². The molecule has 9 rings (SSSR count). The fraction of sp³-hybridized carbons (Fsp3) is 0.0444. The van der Waals surface area contributed by atoms with Crippen LogP contribution in [0.25, 0.3) is 55.0 Å². The fourth-order valence-corrected chi connectivity index (χ4v) is 7.35. The average Bonchev–Trinajstić information content (AvgIpc) is 3.72. The topological polar surface area (TPSA) is 116 Å².